The first kappa shape index (κ1) is 21.3. The van der Waals surface area contributed by atoms with Gasteiger partial charge < -0.3 is 20.1 Å². The second-order valence-corrected chi connectivity index (χ2v) is 6.46. The van der Waals surface area contributed by atoms with Gasteiger partial charge in [-0.15, -0.1) is 0 Å². The Hall–Kier alpha value is -3.02. The van der Waals surface area contributed by atoms with Crippen LogP contribution in [0.5, 0.6) is 5.75 Å². The van der Waals surface area contributed by atoms with Crippen LogP contribution < -0.4 is 15.4 Å². The predicted molar refractivity (Wildman–Crippen MR) is 110 cm³/mol. The van der Waals surface area contributed by atoms with Crippen molar-refractivity contribution in [3.05, 3.63) is 59.7 Å². The van der Waals surface area contributed by atoms with E-state index >= 15 is 0 Å². The molecule has 0 aliphatic carbocycles. The first-order chi connectivity index (χ1) is 13.6. The van der Waals surface area contributed by atoms with Gasteiger partial charge in [0.15, 0.2) is 0 Å². The van der Waals surface area contributed by atoms with E-state index < -0.39 is 0 Å². The van der Waals surface area contributed by atoms with E-state index in [4.69, 9.17) is 4.74 Å². The summed E-state index contributed by atoms with van der Waals surface area (Å²) in [5.74, 6) is 0.594. The van der Waals surface area contributed by atoms with Crippen LogP contribution in [-0.2, 0) is 16.0 Å². The van der Waals surface area contributed by atoms with Gasteiger partial charge in [-0.1, -0.05) is 36.8 Å². The molecule has 0 atom stereocenters. The van der Waals surface area contributed by atoms with Crippen molar-refractivity contribution < 1.29 is 19.1 Å². The number of hydrogen-bond acceptors (Lipinski definition) is 4. The second kappa shape index (κ2) is 11.6. The summed E-state index contributed by atoms with van der Waals surface area (Å²) < 4.78 is 10.0. The minimum atomic E-state index is -0.246. The smallest absolute Gasteiger partial charge is 0.319 e. The number of carbonyl (C=O) groups is 2. The Morgan fingerprint density at radius 1 is 0.964 bits per heavy atom. The van der Waals surface area contributed by atoms with Crippen molar-refractivity contribution in [2.45, 2.75) is 32.1 Å². The average molecular weight is 384 g/mol. The quantitative estimate of drug-likeness (QED) is 0.477. The number of unbranched alkanes of at least 4 members (excludes halogenated alkanes) is 2. The third-order valence-corrected chi connectivity index (χ3v) is 4.35. The number of rotatable bonds is 10. The molecule has 0 saturated heterocycles. The minimum absolute atomic E-state index is 0.198. The Balaban J connectivity index is 1.82. The Kier molecular flexibility index (Phi) is 8.85. The Labute approximate surface area is 166 Å². The summed E-state index contributed by atoms with van der Waals surface area (Å²) in [6.07, 6.45) is 3.57. The molecular weight excluding hydrogens is 356 g/mol. The molecule has 2 rings (SSSR count). The van der Waals surface area contributed by atoms with Crippen molar-refractivity contribution in [1.82, 2.24) is 5.32 Å². The lowest BCUT2D eigenvalue weighted by Crippen LogP contribution is -2.29. The first-order valence-electron chi connectivity index (χ1n) is 9.45. The number of urea groups is 1. The van der Waals surface area contributed by atoms with Crippen molar-refractivity contribution in [2.24, 2.45) is 0 Å². The molecular formula is C22H28N2O4. The highest BCUT2D eigenvalue weighted by atomic mass is 16.5. The van der Waals surface area contributed by atoms with Gasteiger partial charge in [-0.3, -0.25) is 4.79 Å². The lowest BCUT2D eigenvalue weighted by molar-refractivity contribution is -0.140. The van der Waals surface area contributed by atoms with Crippen molar-refractivity contribution in [1.29, 1.82) is 0 Å². The van der Waals surface area contributed by atoms with Gasteiger partial charge in [0.1, 0.15) is 5.75 Å². The molecule has 2 aromatic carbocycles. The maximum absolute atomic E-state index is 12.1. The Morgan fingerprint density at radius 3 is 2.46 bits per heavy atom. The van der Waals surface area contributed by atoms with Gasteiger partial charge in [0.25, 0.3) is 0 Å². The van der Waals surface area contributed by atoms with E-state index in [2.05, 4.69) is 27.5 Å². The van der Waals surface area contributed by atoms with Gasteiger partial charge in [0.05, 0.1) is 14.2 Å². The number of methoxy groups -OCH3 is 2. The molecule has 0 aliphatic rings. The molecule has 0 radical (unpaired) electrons. The average Bonchev–Trinajstić information content (AvgIpc) is 2.71. The largest absolute Gasteiger partial charge is 0.496 e. The normalized spacial score (nSPS) is 10.2. The highest BCUT2D eigenvalue weighted by Crippen LogP contribution is 2.25. The molecule has 2 N–H and O–H groups in total. The standard InChI is InChI=1S/C22H28N2O4/c1-27-20-13-12-19(16-18(20)15-17-9-5-3-6-10-17)24-22(26)23-14-8-4-7-11-21(25)28-2/h3,5-6,9-10,12-13,16H,4,7-8,11,14-15H2,1-2H3,(H2,23,24,26). The van der Waals surface area contributed by atoms with E-state index in [1.165, 1.54) is 12.7 Å². The highest BCUT2D eigenvalue weighted by Gasteiger charge is 2.08. The topological polar surface area (TPSA) is 76.7 Å². The fraction of sp³-hybridized carbons (Fsp3) is 0.364. The number of amides is 2. The molecule has 2 amide bonds. The van der Waals surface area contributed by atoms with Gasteiger partial charge in [-0.25, -0.2) is 4.79 Å². The summed E-state index contributed by atoms with van der Waals surface area (Å²) in [6, 6.07) is 15.5. The summed E-state index contributed by atoms with van der Waals surface area (Å²) in [5.41, 5.74) is 2.90. The third kappa shape index (κ3) is 7.31. The summed E-state index contributed by atoms with van der Waals surface area (Å²) in [6.45, 7) is 0.556. The maximum Gasteiger partial charge on any atom is 0.319 e. The van der Waals surface area contributed by atoms with Crippen molar-refractivity contribution >= 4 is 17.7 Å². The number of carbonyl (C=O) groups excluding carboxylic acids is 2. The van der Waals surface area contributed by atoms with Crippen molar-refractivity contribution in [3.63, 3.8) is 0 Å². The van der Waals surface area contributed by atoms with Crippen LogP contribution in [0.2, 0.25) is 0 Å². The van der Waals surface area contributed by atoms with Crippen LogP contribution in [0.1, 0.15) is 36.8 Å². The SMILES string of the molecule is COC(=O)CCCCCNC(=O)Nc1ccc(OC)c(Cc2ccccc2)c1. The fourth-order valence-corrected chi connectivity index (χ4v) is 2.86. The Morgan fingerprint density at radius 2 is 1.75 bits per heavy atom. The van der Waals surface area contributed by atoms with Crippen LogP contribution in [0.25, 0.3) is 0 Å². The number of benzene rings is 2. The van der Waals surface area contributed by atoms with Crippen LogP contribution in [0.4, 0.5) is 10.5 Å². The molecule has 6 nitrogen and oxygen atoms in total. The van der Waals surface area contributed by atoms with Crippen LogP contribution in [0.15, 0.2) is 48.5 Å². The predicted octanol–water partition coefficient (Wildman–Crippen LogP) is 4.14. The number of anilines is 1. The van der Waals surface area contributed by atoms with Crippen LogP contribution >= 0.6 is 0 Å². The highest BCUT2D eigenvalue weighted by molar-refractivity contribution is 5.89. The molecule has 2 aromatic rings. The van der Waals surface area contributed by atoms with Gasteiger partial charge in [-0.2, -0.15) is 0 Å². The summed E-state index contributed by atoms with van der Waals surface area (Å²) in [7, 11) is 3.03. The molecule has 6 heteroatoms. The second-order valence-electron chi connectivity index (χ2n) is 6.46. The van der Waals surface area contributed by atoms with E-state index in [9.17, 15) is 9.59 Å². The van der Waals surface area contributed by atoms with Gasteiger partial charge in [0.2, 0.25) is 0 Å². The van der Waals surface area contributed by atoms with E-state index in [0.29, 0.717) is 13.0 Å². The fourth-order valence-electron chi connectivity index (χ4n) is 2.86. The van der Waals surface area contributed by atoms with Gasteiger partial charge in [0, 0.05) is 30.6 Å². The van der Waals surface area contributed by atoms with Gasteiger partial charge in [-0.05, 0) is 36.6 Å². The molecule has 0 aromatic heterocycles. The maximum atomic E-state index is 12.1. The monoisotopic (exact) mass is 384 g/mol. The number of esters is 1. The van der Waals surface area contributed by atoms with Crippen molar-refractivity contribution in [2.75, 3.05) is 26.1 Å². The molecule has 0 aliphatic heterocycles. The number of hydrogen-bond donors (Lipinski definition) is 2. The van der Waals surface area contributed by atoms with Crippen LogP contribution in [-0.4, -0.2) is 32.8 Å². The lowest BCUT2D eigenvalue weighted by atomic mass is 10.0. The molecule has 28 heavy (non-hydrogen) atoms. The zero-order chi connectivity index (χ0) is 20.2. The molecule has 0 fully saturated rings. The zero-order valence-electron chi connectivity index (χ0n) is 16.5. The molecule has 0 bridgehead atoms. The minimum Gasteiger partial charge on any atom is -0.496 e. The summed E-state index contributed by atoms with van der Waals surface area (Å²) >= 11 is 0. The lowest BCUT2D eigenvalue weighted by Gasteiger charge is -2.12. The van der Waals surface area contributed by atoms with E-state index in [-0.39, 0.29) is 12.0 Å². The van der Waals surface area contributed by atoms with Crippen molar-refractivity contribution in [3.8, 4) is 5.75 Å². The molecule has 0 unspecified atom stereocenters. The van der Waals surface area contributed by atoms with E-state index in [1.54, 1.807) is 7.11 Å². The van der Waals surface area contributed by atoms with Gasteiger partial charge >= 0.3 is 12.0 Å². The molecule has 150 valence electrons. The number of nitrogens with one attached hydrogen (secondary N) is 2. The molecule has 0 heterocycles. The number of ether oxygens (including phenoxy) is 2. The molecule has 0 saturated carbocycles. The van der Waals surface area contributed by atoms with Crippen LogP contribution in [0.3, 0.4) is 0 Å². The summed E-state index contributed by atoms with van der Waals surface area (Å²) in [4.78, 5) is 23.1. The third-order valence-electron chi connectivity index (χ3n) is 4.35. The Bertz CT molecular complexity index is 762. The van der Waals surface area contributed by atoms with Crippen LogP contribution in [0, 0.1) is 0 Å². The van der Waals surface area contributed by atoms with E-state index in [1.807, 2.05) is 36.4 Å². The molecule has 0 spiro atoms. The summed E-state index contributed by atoms with van der Waals surface area (Å²) in [5, 5.41) is 5.69. The first-order valence-corrected chi connectivity index (χ1v) is 9.45. The zero-order valence-corrected chi connectivity index (χ0v) is 16.5. The van der Waals surface area contributed by atoms with E-state index in [0.717, 1.165) is 42.7 Å².